The predicted octanol–water partition coefficient (Wildman–Crippen LogP) is 4.49. The van der Waals surface area contributed by atoms with Crippen LogP contribution in [-0.2, 0) is 9.53 Å². The molecular formula is C28H26N2O5. The molecule has 0 saturated heterocycles. The maximum Gasteiger partial charge on any atom is 0.339 e. The van der Waals surface area contributed by atoms with Gasteiger partial charge in [-0.15, -0.1) is 0 Å². The zero-order chi connectivity index (χ0) is 25.1. The van der Waals surface area contributed by atoms with Gasteiger partial charge in [0.25, 0.3) is 5.91 Å². The number of hydrogen-bond donors (Lipinski definition) is 1. The third kappa shape index (κ3) is 4.71. The van der Waals surface area contributed by atoms with Crippen LogP contribution in [-0.4, -0.2) is 42.6 Å². The smallest absolute Gasteiger partial charge is 0.339 e. The number of anilines is 2. The number of amides is 1. The molecule has 7 heteroatoms. The monoisotopic (exact) mass is 470 g/mol. The molecule has 0 bridgehead atoms. The number of esters is 1. The summed E-state index contributed by atoms with van der Waals surface area (Å²) in [5.41, 5.74) is 2.27. The van der Waals surface area contributed by atoms with Gasteiger partial charge in [-0.1, -0.05) is 36.4 Å². The van der Waals surface area contributed by atoms with Crippen LogP contribution in [0.3, 0.4) is 0 Å². The molecule has 0 saturated carbocycles. The molecule has 0 aliphatic heterocycles. The number of nitrogens with zero attached hydrogens (tertiary/aromatic N) is 1. The molecule has 0 fully saturated rings. The fraction of sp³-hybridized carbons (Fsp3) is 0.214. The lowest BCUT2D eigenvalue weighted by Gasteiger charge is -2.27. The molecule has 178 valence electrons. The Labute approximate surface area is 203 Å². The highest BCUT2D eigenvalue weighted by molar-refractivity contribution is 6.30. The highest BCUT2D eigenvalue weighted by Gasteiger charge is 2.33. The fourth-order valence-electron chi connectivity index (χ4n) is 4.30. The minimum Gasteiger partial charge on any atom is -0.452 e. The molecule has 0 aromatic heterocycles. The number of nitrogens with one attached hydrogen (secondary N) is 1. The van der Waals surface area contributed by atoms with Crippen molar-refractivity contribution in [2.24, 2.45) is 0 Å². The van der Waals surface area contributed by atoms with E-state index >= 15 is 0 Å². The predicted molar refractivity (Wildman–Crippen MR) is 133 cm³/mol. The lowest BCUT2D eigenvalue weighted by Crippen LogP contribution is -2.30. The summed E-state index contributed by atoms with van der Waals surface area (Å²) in [5.74, 6) is -2.11. The van der Waals surface area contributed by atoms with E-state index in [9.17, 15) is 19.2 Å². The first-order valence-electron chi connectivity index (χ1n) is 11.5. The van der Waals surface area contributed by atoms with Crippen molar-refractivity contribution in [3.05, 3.63) is 94.5 Å². The van der Waals surface area contributed by atoms with Gasteiger partial charge in [-0.3, -0.25) is 14.4 Å². The molecule has 1 aliphatic rings. The van der Waals surface area contributed by atoms with E-state index in [1.54, 1.807) is 36.4 Å². The Morgan fingerprint density at radius 2 is 1.49 bits per heavy atom. The topological polar surface area (TPSA) is 92.8 Å². The van der Waals surface area contributed by atoms with Crippen LogP contribution in [0.2, 0.25) is 0 Å². The van der Waals surface area contributed by atoms with E-state index in [4.69, 9.17) is 4.74 Å². The quantitative estimate of drug-likeness (QED) is 0.400. The summed E-state index contributed by atoms with van der Waals surface area (Å²) in [6.45, 7) is 6.63. The van der Waals surface area contributed by atoms with Gasteiger partial charge in [-0.2, -0.15) is 0 Å². The second kappa shape index (κ2) is 9.93. The van der Waals surface area contributed by atoms with Crippen LogP contribution >= 0.6 is 0 Å². The van der Waals surface area contributed by atoms with Crippen molar-refractivity contribution >= 4 is 34.8 Å². The first-order chi connectivity index (χ1) is 16.8. The number of carbonyl (C=O) groups excluding carboxylic acids is 4. The highest BCUT2D eigenvalue weighted by atomic mass is 16.5. The molecule has 0 radical (unpaired) electrons. The molecule has 3 aromatic carbocycles. The Balaban J connectivity index is 1.44. The summed E-state index contributed by atoms with van der Waals surface area (Å²) in [4.78, 5) is 53.3. The second-order valence-electron chi connectivity index (χ2n) is 8.48. The Morgan fingerprint density at radius 3 is 2.11 bits per heavy atom. The van der Waals surface area contributed by atoms with Gasteiger partial charge in [0.15, 0.2) is 18.2 Å². The van der Waals surface area contributed by atoms with E-state index in [2.05, 4.69) is 31.0 Å². The molecule has 4 rings (SSSR count). The standard InChI is InChI=1S/C28H26N2O5/c1-4-30(17(2)3)19-14-12-18(13-15-19)29-24(31)16-35-28(34)23-11-7-10-22-25(23)27(33)21-9-6-5-8-20(21)26(22)32/h5-15,17H,4,16H2,1-3H3,(H,29,31). The molecule has 1 amide bonds. The van der Waals surface area contributed by atoms with Gasteiger partial charge in [0.1, 0.15) is 0 Å². The summed E-state index contributed by atoms with van der Waals surface area (Å²) in [5, 5.41) is 2.70. The van der Waals surface area contributed by atoms with Crippen LogP contribution in [0.1, 0.15) is 63.0 Å². The summed E-state index contributed by atoms with van der Waals surface area (Å²) < 4.78 is 5.19. The second-order valence-corrected chi connectivity index (χ2v) is 8.48. The molecule has 0 spiro atoms. The highest BCUT2D eigenvalue weighted by Crippen LogP contribution is 2.30. The maximum absolute atomic E-state index is 13.1. The Morgan fingerprint density at radius 1 is 0.857 bits per heavy atom. The van der Waals surface area contributed by atoms with Crippen LogP contribution in [0.4, 0.5) is 11.4 Å². The van der Waals surface area contributed by atoms with Crippen LogP contribution in [0, 0.1) is 0 Å². The number of benzene rings is 3. The van der Waals surface area contributed by atoms with Crippen LogP contribution in [0.15, 0.2) is 66.7 Å². The van der Waals surface area contributed by atoms with Gasteiger partial charge in [-0.25, -0.2) is 4.79 Å². The largest absolute Gasteiger partial charge is 0.452 e. The normalized spacial score (nSPS) is 12.1. The first-order valence-corrected chi connectivity index (χ1v) is 11.5. The Hall–Kier alpha value is -4.26. The average molecular weight is 471 g/mol. The Kier molecular flexibility index (Phi) is 6.78. The molecule has 3 aromatic rings. The van der Waals surface area contributed by atoms with Gasteiger partial charge >= 0.3 is 5.97 Å². The summed E-state index contributed by atoms with van der Waals surface area (Å²) in [6, 6.07) is 18.7. The number of ketones is 2. The summed E-state index contributed by atoms with van der Waals surface area (Å²) >= 11 is 0. The van der Waals surface area contributed by atoms with Crippen molar-refractivity contribution in [1.29, 1.82) is 0 Å². The lowest BCUT2D eigenvalue weighted by atomic mass is 9.82. The van der Waals surface area contributed by atoms with E-state index in [-0.39, 0.29) is 28.0 Å². The van der Waals surface area contributed by atoms with E-state index in [0.717, 1.165) is 12.2 Å². The number of ether oxygens (including phenoxy) is 1. The summed E-state index contributed by atoms with van der Waals surface area (Å²) in [6.07, 6.45) is 0. The van der Waals surface area contributed by atoms with Crippen LogP contribution in [0.5, 0.6) is 0 Å². The third-order valence-electron chi connectivity index (χ3n) is 5.95. The van der Waals surface area contributed by atoms with Crippen molar-refractivity contribution in [3.63, 3.8) is 0 Å². The van der Waals surface area contributed by atoms with Gasteiger partial charge in [0.05, 0.1) is 5.56 Å². The summed E-state index contributed by atoms with van der Waals surface area (Å²) in [7, 11) is 0. The minimum atomic E-state index is -0.844. The first kappa shape index (κ1) is 23.9. The zero-order valence-corrected chi connectivity index (χ0v) is 19.8. The number of rotatable bonds is 7. The van der Waals surface area contributed by atoms with Gasteiger partial charge < -0.3 is 15.0 Å². The van der Waals surface area contributed by atoms with Gasteiger partial charge in [0, 0.05) is 46.2 Å². The number of fused-ring (bicyclic) bond motifs is 2. The van der Waals surface area contributed by atoms with Gasteiger partial charge in [-0.05, 0) is 51.1 Å². The van der Waals surface area contributed by atoms with Crippen molar-refractivity contribution < 1.29 is 23.9 Å². The average Bonchev–Trinajstić information content (AvgIpc) is 2.86. The minimum absolute atomic E-state index is 0.00262. The van der Waals surface area contributed by atoms with Crippen molar-refractivity contribution in [3.8, 4) is 0 Å². The van der Waals surface area contributed by atoms with E-state index in [1.165, 1.54) is 18.2 Å². The van der Waals surface area contributed by atoms with E-state index < -0.39 is 24.3 Å². The molecule has 1 N–H and O–H groups in total. The molecule has 35 heavy (non-hydrogen) atoms. The number of carbonyl (C=O) groups is 4. The Bertz CT molecular complexity index is 1310. The van der Waals surface area contributed by atoms with Crippen LogP contribution < -0.4 is 10.2 Å². The zero-order valence-electron chi connectivity index (χ0n) is 19.8. The fourth-order valence-corrected chi connectivity index (χ4v) is 4.30. The van der Waals surface area contributed by atoms with Gasteiger partial charge in [0.2, 0.25) is 0 Å². The molecule has 7 nitrogen and oxygen atoms in total. The van der Waals surface area contributed by atoms with Crippen molar-refractivity contribution in [2.45, 2.75) is 26.8 Å². The lowest BCUT2D eigenvalue weighted by molar-refractivity contribution is -0.119. The maximum atomic E-state index is 13.1. The van der Waals surface area contributed by atoms with E-state index in [0.29, 0.717) is 17.3 Å². The van der Waals surface area contributed by atoms with E-state index in [1.807, 2.05) is 12.1 Å². The third-order valence-corrected chi connectivity index (χ3v) is 5.95. The molecular weight excluding hydrogens is 444 g/mol. The molecule has 0 unspecified atom stereocenters. The molecule has 0 atom stereocenters. The van der Waals surface area contributed by atoms with Crippen molar-refractivity contribution in [2.75, 3.05) is 23.4 Å². The molecule has 1 aliphatic carbocycles. The van der Waals surface area contributed by atoms with Crippen molar-refractivity contribution in [1.82, 2.24) is 0 Å². The van der Waals surface area contributed by atoms with Crippen LogP contribution in [0.25, 0.3) is 0 Å². The molecule has 0 heterocycles. The SMILES string of the molecule is CCN(c1ccc(NC(=O)COC(=O)c2cccc3c2C(=O)c2ccccc2C3=O)cc1)C(C)C. The number of hydrogen-bond acceptors (Lipinski definition) is 6.